The summed E-state index contributed by atoms with van der Waals surface area (Å²) in [6.45, 7) is 7.82. The van der Waals surface area contributed by atoms with Crippen LogP contribution in [0.5, 0.6) is 5.75 Å². The third-order valence-corrected chi connectivity index (χ3v) is 3.98. The van der Waals surface area contributed by atoms with Crippen molar-refractivity contribution in [2.45, 2.75) is 40.0 Å². The summed E-state index contributed by atoms with van der Waals surface area (Å²) in [6.07, 6.45) is 0. The quantitative estimate of drug-likeness (QED) is 0.807. The standard InChI is InChI=1S/C18H22BrNO/c1-13(2)20-11-16-10-17(7-8-18(16)19)21-12-15-6-4-5-14(3)9-15/h4-10,13,20H,11-12H2,1-3H3. The van der Waals surface area contributed by atoms with Gasteiger partial charge in [-0.05, 0) is 36.2 Å². The molecule has 0 heterocycles. The molecular formula is C18H22BrNO. The summed E-state index contributed by atoms with van der Waals surface area (Å²) in [4.78, 5) is 0. The normalized spacial score (nSPS) is 10.9. The van der Waals surface area contributed by atoms with Gasteiger partial charge in [0.25, 0.3) is 0 Å². The van der Waals surface area contributed by atoms with Crippen LogP contribution in [0.25, 0.3) is 0 Å². The molecule has 2 nitrogen and oxygen atoms in total. The molecule has 0 unspecified atom stereocenters. The number of benzene rings is 2. The molecule has 0 saturated heterocycles. The first kappa shape index (κ1) is 16.1. The van der Waals surface area contributed by atoms with Crippen LogP contribution in [0, 0.1) is 6.92 Å². The number of rotatable bonds is 6. The van der Waals surface area contributed by atoms with Gasteiger partial charge >= 0.3 is 0 Å². The molecule has 0 aliphatic heterocycles. The molecule has 0 saturated carbocycles. The molecule has 0 radical (unpaired) electrons. The first-order valence-corrected chi connectivity index (χ1v) is 8.04. The molecular weight excluding hydrogens is 326 g/mol. The Balaban J connectivity index is 2.01. The molecule has 0 atom stereocenters. The average Bonchev–Trinajstić information content (AvgIpc) is 2.45. The fourth-order valence-electron chi connectivity index (χ4n) is 2.06. The van der Waals surface area contributed by atoms with E-state index in [4.69, 9.17) is 4.74 Å². The fraction of sp³-hybridized carbons (Fsp3) is 0.333. The van der Waals surface area contributed by atoms with E-state index >= 15 is 0 Å². The third-order valence-electron chi connectivity index (χ3n) is 3.21. The lowest BCUT2D eigenvalue weighted by Crippen LogP contribution is -2.22. The van der Waals surface area contributed by atoms with Crippen molar-refractivity contribution in [2.75, 3.05) is 0 Å². The second-order valence-electron chi connectivity index (χ2n) is 5.57. The van der Waals surface area contributed by atoms with Crippen molar-refractivity contribution >= 4 is 15.9 Å². The second kappa shape index (κ2) is 7.62. The highest BCUT2D eigenvalue weighted by Gasteiger charge is 2.04. The third kappa shape index (κ3) is 5.18. The summed E-state index contributed by atoms with van der Waals surface area (Å²) in [6, 6.07) is 15.0. The predicted molar refractivity (Wildman–Crippen MR) is 91.6 cm³/mol. The van der Waals surface area contributed by atoms with Crippen molar-refractivity contribution in [1.29, 1.82) is 0 Å². The molecule has 2 aromatic rings. The van der Waals surface area contributed by atoms with Gasteiger partial charge in [-0.15, -0.1) is 0 Å². The number of hydrogen-bond acceptors (Lipinski definition) is 2. The Bertz CT molecular complexity index is 596. The molecule has 21 heavy (non-hydrogen) atoms. The second-order valence-corrected chi connectivity index (χ2v) is 6.42. The van der Waals surface area contributed by atoms with Crippen LogP contribution in [0.3, 0.4) is 0 Å². The van der Waals surface area contributed by atoms with Crippen molar-refractivity contribution in [3.8, 4) is 5.75 Å². The molecule has 0 aliphatic carbocycles. The van der Waals surface area contributed by atoms with Gasteiger partial charge in [-0.1, -0.05) is 59.6 Å². The Labute approximate surface area is 135 Å². The number of nitrogens with one attached hydrogen (secondary N) is 1. The maximum absolute atomic E-state index is 5.90. The highest BCUT2D eigenvalue weighted by Crippen LogP contribution is 2.23. The highest BCUT2D eigenvalue weighted by molar-refractivity contribution is 9.10. The van der Waals surface area contributed by atoms with Crippen LogP contribution in [0.15, 0.2) is 46.9 Å². The van der Waals surface area contributed by atoms with Gasteiger partial charge in [0.2, 0.25) is 0 Å². The fourth-order valence-corrected chi connectivity index (χ4v) is 2.45. The molecule has 3 heteroatoms. The first-order chi connectivity index (χ1) is 10.0. The van der Waals surface area contributed by atoms with Crippen molar-refractivity contribution in [3.05, 3.63) is 63.6 Å². The minimum atomic E-state index is 0.466. The Kier molecular flexibility index (Phi) is 5.83. The molecule has 0 aliphatic rings. The van der Waals surface area contributed by atoms with E-state index in [0.717, 1.165) is 16.8 Å². The smallest absolute Gasteiger partial charge is 0.120 e. The largest absolute Gasteiger partial charge is 0.489 e. The van der Waals surface area contributed by atoms with Crippen molar-refractivity contribution in [1.82, 2.24) is 5.32 Å². The number of halogens is 1. The van der Waals surface area contributed by atoms with E-state index in [1.807, 2.05) is 12.1 Å². The van der Waals surface area contributed by atoms with E-state index in [0.29, 0.717) is 12.6 Å². The minimum absolute atomic E-state index is 0.466. The Hall–Kier alpha value is -1.32. The Morgan fingerprint density at radius 2 is 1.95 bits per heavy atom. The molecule has 0 bridgehead atoms. The molecule has 0 spiro atoms. The zero-order valence-corrected chi connectivity index (χ0v) is 14.4. The maximum atomic E-state index is 5.90. The molecule has 0 fully saturated rings. The van der Waals surface area contributed by atoms with Crippen LogP contribution < -0.4 is 10.1 Å². The van der Waals surface area contributed by atoms with Crippen molar-refractivity contribution in [2.24, 2.45) is 0 Å². The van der Waals surface area contributed by atoms with Crippen molar-refractivity contribution in [3.63, 3.8) is 0 Å². The van der Waals surface area contributed by atoms with Crippen LogP contribution in [0.2, 0.25) is 0 Å². The van der Waals surface area contributed by atoms with Gasteiger partial charge in [-0.2, -0.15) is 0 Å². The Morgan fingerprint density at radius 1 is 1.14 bits per heavy atom. The molecule has 0 amide bonds. The first-order valence-electron chi connectivity index (χ1n) is 7.25. The van der Waals surface area contributed by atoms with Gasteiger partial charge in [0, 0.05) is 17.1 Å². The lowest BCUT2D eigenvalue weighted by atomic mass is 10.1. The van der Waals surface area contributed by atoms with Crippen LogP contribution in [-0.4, -0.2) is 6.04 Å². The molecule has 2 aromatic carbocycles. The van der Waals surface area contributed by atoms with Crippen LogP contribution >= 0.6 is 15.9 Å². The summed E-state index contributed by atoms with van der Waals surface area (Å²) in [5, 5.41) is 3.43. The van der Waals surface area contributed by atoms with E-state index < -0.39 is 0 Å². The van der Waals surface area contributed by atoms with Gasteiger partial charge in [-0.3, -0.25) is 0 Å². The summed E-state index contributed by atoms with van der Waals surface area (Å²) < 4.78 is 7.01. The lowest BCUT2D eigenvalue weighted by Gasteiger charge is -2.12. The topological polar surface area (TPSA) is 21.3 Å². The Morgan fingerprint density at radius 3 is 2.67 bits per heavy atom. The van der Waals surface area contributed by atoms with E-state index in [1.54, 1.807) is 0 Å². The van der Waals surface area contributed by atoms with Gasteiger partial charge in [0.15, 0.2) is 0 Å². The summed E-state index contributed by atoms with van der Waals surface area (Å²) in [5.41, 5.74) is 3.67. The summed E-state index contributed by atoms with van der Waals surface area (Å²) >= 11 is 3.59. The van der Waals surface area contributed by atoms with Gasteiger partial charge in [0.05, 0.1) is 0 Å². The monoisotopic (exact) mass is 347 g/mol. The molecule has 0 aromatic heterocycles. The SMILES string of the molecule is Cc1cccc(COc2ccc(Br)c(CNC(C)C)c2)c1. The average molecular weight is 348 g/mol. The van der Waals surface area contributed by atoms with E-state index in [9.17, 15) is 0 Å². The predicted octanol–water partition coefficient (Wildman–Crippen LogP) is 4.83. The number of hydrogen-bond donors (Lipinski definition) is 1. The maximum Gasteiger partial charge on any atom is 0.120 e. The zero-order valence-electron chi connectivity index (χ0n) is 12.8. The molecule has 112 valence electrons. The highest BCUT2D eigenvalue weighted by atomic mass is 79.9. The number of ether oxygens (including phenoxy) is 1. The van der Waals surface area contributed by atoms with Crippen LogP contribution in [-0.2, 0) is 13.2 Å². The van der Waals surface area contributed by atoms with E-state index in [1.165, 1.54) is 16.7 Å². The van der Waals surface area contributed by atoms with Gasteiger partial charge in [-0.25, -0.2) is 0 Å². The minimum Gasteiger partial charge on any atom is -0.489 e. The summed E-state index contributed by atoms with van der Waals surface area (Å²) in [7, 11) is 0. The van der Waals surface area contributed by atoms with Gasteiger partial charge < -0.3 is 10.1 Å². The van der Waals surface area contributed by atoms with Crippen molar-refractivity contribution < 1.29 is 4.74 Å². The lowest BCUT2D eigenvalue weighted by molar-refractivity contribution is 0.305. The van der Waals surface area contributed by atoms with E-state index in [2.05, 4.69) is 72.3 Å². The van der Waals surface area contributed by atoms with Crippen LogP contribution in [0.1, 0.15) is 30.5 Å². The van der Waals surface area contributed by atoms with Gasteiger partial charge in [0.1, 0.15) is 12.4 Å². The zero-order chi connectivity index (χ0) is 15.2. The summed E-state index contributed by atoms with van der Waals surface area (Å²) in [5.74, 6) is 0.903. The molecule has 2 rings (SSSR count). The van der Waals surface area contributed by atoms with Crippen LogP contribution in [0.4, 0.5) is 0 Å². The number of aryl methyl sites for hydroxylation is 1. The van der Waals surface area contributed by atoms with E-state index in [-0.39, 0.29) is 0 Å². The molecule has 1 N–H and O–H groups in total.